The zero-order valence-electron chi connectivity index (χ0n) is 10.3. The highest BCUT2D eigenvalue weighted by Crippen LogP contribution is 2.26. The van der Waals surface area contributed by atoms with Gasteiger partial charge in [-0.15, -0.1) is 0 Å². The average Bonchev–Trinajstić information content (AvgIpc) is 2.27. The summed E-state index contributed by atoms with van der Waals surface area (Å²) in [5, 5.41) is 4.31. The van der Waals surface area contributed by atoms with Crippen molar-refractivity contribution in [2.45, 2.75) is 25.8 Å². The van der Waals surface area contributed by atoms with Crippen molar-refractivity contribution < 1.29 is 0 Å². The van der Waals surface area contributed by atoms with Gasteiger partial charge in [0.15, 0.2) is 0 Å². The minimum Gasteiger partial charge on any atom is -0.323 e. The molecule has 0 saturated heterocycles. The van der Waals surface area contributed by atoms with Gasteiger partial charge in [-0.2, -0.15) is 0 Å². The summed E-state index contributed by atoms with van der Waals surface area (Å²) in [6.45, 7) is 3.01. The monoisotopic (exact) mass is 220 g/mol. The van der Waals surface area contributed by atoms with Crippen LogP contribution in [0, 0.1) is 0 Å². The summed E-state index contributed by atoms with van der Waals surface area (Å²) in [6, 6.07) is 4.20. The Kier molecular flexibility index (Phi) is 3.12. The predicted molar refractivity (Wildman–Crippen MR) is 66.2 cm³/mol. The molecule has 1 atom stereocenters. The van der Waals surface area contributed by atoms with Crippen molar-refractivity contribution in [1.29, 1.82) is 0 Å². The Labute approximate surface area is 97.0 Å². The van der Waals surface area contributed by atoms with Crippen LogP contribution in [0.1, 0.15) is 30.6 Å². The number of nitrogens with two attached hydrogens (primary N) is 1. The normalized spacial score (nSPS) is 17.4. The minimum atomic E-state index is -0.00348. The molecular weight excluding hydrogens is 200 g/mol. The smallest absolute Gasteiger partial charge is 0.146 e. The molecule has 1 aliphatic heterocycles. The van der Waals surface area contributed by atoms with E-state index < -0.39 is 0 Å². The molecule has 0 radical (unpaired) electrons. The van der Waals surface area contributed by atoms with E-state index >= 15 is 0 Å². The second kappa shape index (κ2) is 4.39. The van der Waals surface area contributed by atoms with Crippen LogP contribution in [0.15, 0.2) is 12.1 Å². The van der Waals surface area contributed by atoms with Gasteiger partial charge in [0.25, 0.3) is 0 Å². The zero-order valence-corrected chi connectivity index (χ0v) is 10.3. The van der Waals surface area contributed by atoms with Gasteiger partial charge in [0.2, 0.25) is 0 Å². The Balaban J connectivity index is 2.40. The minimum absolute atomic E-state index is 0.00348. The lowest BCUT2D eigenvalue weighted by Gasteiger charge is -2.35. The number of fused-ring (bicyclic) bond motifs is 1. The van der Waals surface area contributed by atoms with Crippen LogP contribution in [0.25, 0.3) is 0 Å². The van der Waals surface area contributed by atoms with Gasteiger partial charge < -0.3 is 5.73 Å². The van der Waals surface area contributed by atoms with Crippen molar-refractivity contribution in [2.24, 2.45) is 5.73 Å². The molecule has 4 nitrogen and oxygen atoms in total. The fourth-order valence-electron chi connectivity index (χ4n) is 2.08. The predicted octanol–water partition coefficient (Wildman–Crippen LogP) is 1.33. The van der Waals surface area contributed by atoms with Crippen molar-refractivity contribution >= 4 is 5.82 Å². The van der Waals surface area contributed by atoms with E-state index in [2.05, 4.69) is 35.2 Å². The Morgan fingerprint density at radius 2 is 2.19 bits per heavy atom. The van der Waals surface area contributed by atoms with Gasteiger partial charge in [0, 0.05) is 26.7 Å². The molecule has 4 heteroatoms. The van der Waals surface area contributed by atoms with Crippen LogP contribution in [0.4, 0.5) is 5.82 Å². The number of rotatable bonds is 2. The molecule has 1 aliphatic rings. The summed E-state index contributed by atoms with van der Waals surface area (Å²) in [5.74, 6) is 1.08. The van der Waals surface area contributed by atoms with E-state index in [4.69, 9.17) is 5.73 Å². The molecule has 0 amide bonds. The molecule has 0 aliphatic carbocycles. The van der Waals surface area contributed by atoms with Crippen molar-refractivity contribution in [3.05, 3.63) is 23.4 Å². The van der Waals surface area contributed by atoms with Gasteiger partial charge in [0.1, 0.15) is 5.82 Å². The lowest BCUT2D eigenvalue weighted by Crippen LogP contribution is -2.41. The van der Waals surface area contributed by atoms with Crippen LogP contribution >= 0.6 is 0 Å². The lowest BCUT2D eigenvalue weighted by atomic mass is 10.1. The highest BCUT2D eigenvalue weighted by Gasteiger charge is 2.20. The Morgan fingerprint density at radius 3 is 2.81 bits per heavy atom. The fourth-order valence-corrected chi connectivity index (χ4v) is 2.08. The van der Waals surface area contributed by atoms with Crippen molar-refractivity contribution in [2.75, 3.05) is 25.6 Å². The van der Waals surface area contributed by atoms with E-state index in [1.807, 2.05) is 13.0 Å². The third-order valence-electron chi connectivity index (χ3n) is 2.99. The number of hydrogen-bond acceptors (Lipinski definition) is 4. The molecule has 0 aromatic carbocycles. The number of pyridine rings is 1. The topological polar surface area (TPSA) is 45.4 Å². The lowest BCUT2D eigenvalue weighted by molar-refractivity contribution is 0.353. The van der Waals surface area contributed by atoms with Gasteiger partial charge in [-0.3, -0.25) is 5.01 Å². The second-order valence-electron chi connectivity index (χ2n) is 4.58. The number of anilines is 1. The van der Waals surface area contributed by atoms with E-state index in [9.17, 15) is 0 Å². The first kappa shape index (κ1) is 11.4. The van der Waals surface area contributed by atoms with Gasteiger partial charge in [-0.05, 0) is 31.4 Å². The molecule has 0 saturated carbocycles. The highest BCUT2D eigenvalue weighted by atomic mass is 15.6. The molecule has 0 spiro atoms. The van der Waals surface area contributed by atoms with Crippen LogP contribution in [0.2, 0.25) is 0 Å². The summed E-state index contributed by atoms with van der Waals surface area (Å²) in [6.07, 6.45) is 2.30. The van der Waals surface area contributed by atoms with Crippen molar-refractivity contribution in [3.63, 3.8) is 0 Å². The first-order valence-corrected chi connectivity index (χ1v) is 5.80. The number of hydrogen-bond donors (Lipinski definition) is 1. The number of aryl methyl sites for hydroxylation is 1. The summed E-state index contributed by atoms with van der Waals surface area (Å²) >= 11 is 0. The average molecular weight is 220 g/mol. The van der Waals surface area contributed by atoms with Crippen LogP contribution in [0.3, 0.4) is 0 Å². The Hall–Kier alpha value is -1.13. The van der Waals surface area contributed by atoms with Gasteiger partial charge in [-0.1, -0.05) is 6.07 Å². The Bertz CT molecular complexity index is 373. The van der Waals surface area contributed by atoms with E-state index in [0.29, 0.717) is 0 Å². The summed E-state index contributed by atoms with van der Waals surface area (Å²) in [5.41, 5.74) is 8.16. The number of hydrazine groups is 1. The maximum absolute atomic E-state index is 5.87. The van der Waals surface area contributed by atoms with Gasteiger partial charge >= 0.3 is 0 Å². The molecular formula is C12H20N4. The molecule has 1 aromatic rings. The summed E-state index contributed by atoms with van der Waals surface area (Å²) < 4.78 is 0. The summed E-state index contributed by atoms with van der Waals surface area (Å²) in [7, 11) is 4.10. The van der Waals surface area contributed by atoms with Crippen molar-refractivity contribution in [3.8, 4) is 0 Å². The zero-order chi connectivity index (χ0) is 11.7. The van der Waals surface area contributed by atoms with Gasteiger partial charge in [0.05, 0.1) is 5.69 Å². The SMILES string of the molecule is CC(N)c1ccc2c(n1)N(N(C)C)CCC2. The first-order chi connectivity index (χ1) is 7.59. The molecule has 2 N–H and O–H groups in total. The second-order valence-corrected chi connectivity index (χ2v) is 4.58. The third-order valence-corrected chi connectivity index (χ3v) is 2.99. The Morgan fingerprint density at radius 1 is 1.44 bits per heavy atom. The van der Waals surface area contributed by atoms with Crippen LogP contribution in [0.5, 0.6) is 0 Å². The van der Waals surface area contributed by atoms with Gasteiger partial charge in [-0.25, -0.2) is 9.99 Å². The number of aromatic nitrogens is 1. The quantitative estimate of drug-likeness (QED) is 0.816. The van der Waals surface area contributed by atoms with E-state index in [1.54, 1.807) is 0 Å². The van der Waals surface area contributed by atoms with Crippen molar-refractivity contribution in [1.82, 2.24) is 9.99 Å². The molecule has 0 bridgehead atoms. The largest absolute Gasteiger partial charge is 0.323 e. The maximum atomic E-state index is 5.87. The summed E-state index contributed by atoms with van der Waals surface area (Å²) in [4.78, 5) is 4.67. The first-order valence-electron chi connectivity index (χ1n) is 5.80. The molecule has 88 valence electrons. The highest BCUT2D eigenvalue weighted by molar-refractivity contribution is 5.49. The van der Waals surface area contributed by atoms with Crippen LogP contribution < -0.4 is 10.7 Å². The third kappa shape index (κ3) is 2.03. The number of nitrogens with zero attached hydrogens (tertiary/aromatic N) is 3. The standard InChI is InChI=1S/C12H20N4/c1-9(13)11-7-6-10-5-4-8-16(15(2)3)12(10)14-11/h6-7,9H,4-5,8,13H2,1-3H3. The van der Waals surface area contributed by atoms with Crippen LogP contribution in [-0.4, -0.2) is 30.6 Å². The van der Waals surface area contributed by atoms with E-state index in [0.717, 1.165) is 24.5 Å². The van der Waals surface area contributed by atoms with E-state index in [1.165, 1.54) is 12.0 Å². The molecule has 1 unspecified atom stereocenters. The maximum Gasteiger partial charge on any atom is 0.146 e. The molecule has 16 heavy (non-hydrogen) atoms. The molecule has 2 rings (SSSR count). The molecule has 0 fully saturated rings. The molecule has 2 heterocycles. The molecule has 1 aromatic heterocycles. The fraction of sp³-hybridized carbons (Fsp3) is 0.583. The van der Waals surface area contributed by atoms with E-state index in [-0.39, 0.29) is 6.04 Å². The van der Waals surface area contributed by atoms with Crippen LogP contribution in [-0.2, 0) is 6.42 Å².